The molecule has 1 aromatic carbocycles. The monoisotopic (exact) mass is 431 g/mol. The van der Waals surface area contributed by atoms with Crippen LogP contribution in [-0.2, 0) is 6.42 Å². The summed E-state index contributed by atoms with van der Waals surface area (Å²) in [4.78, 5) is 10.7. The lowest BCUT2D eigenvalue weighted by molar-refractivity contribution is -0.428. The molecule has 1 aromatic rings. The minimum Gasteiger partial charge on any atom is -0.507 e. The Hall–Kier alpha value is -2.04. The second-order valence-electron chi connectivity index (χ2n) is 9.42. The van der Waals surface area contributed by atoms with Crippen LogP contribution in [0.4, 0.5) is 0 Å². The summed E-state index contributed by atoms with van der Waals surface area (Å²) >= 11 is 0. The van der Waals surface area contributed by atoms with Gasteiger partial charge in [0, 0.05) is 12.0 Å². The first-order chi connectivity index (χ1) is 14.7. The molecule has 0 saturated heterocycles. The summed E-state index contributed by atoms with van der Waals surface area (Å²) in [6.07, 6.45) is 14.0. The summed E-state index contributed by atoms with van der Waals surface area (Å²) in [7, 11) is 0. The van der Waals surface area contributed by atoms with Gasteiger partial charge in [-0.25, -0.2) is 0 Å². The van der Waals surface area contributed by atoms with Gasteiger partial charge in [-0.05, 0) is 89.0 Å². The maximum atomic E-state index is 10.9. The average molecular weight is 432 g/mol. The van der Waals surface area contributed by atoms with E-state index in [0.717, 1.165) is 73.8 Å². The van der Waals surface area contributed by atoms with E-state index in [0.29, 0.717) is 17.9 Å². The van der Waals surface area contributed by atoms with Crippen LogP contribution in [0.1, 0.15) is 107 Å². The molecular formula is C26H41NO4. The van der Waals surface area contributed by atoms with Crippen LogP contribution in [-0.4, -0.2) is 15.6 Å². The third kappa shape index (κ3) is 6.72. The zero-order valence-electron chi connectivity index (χ0n) is 20.2. The van der Waals surface area contributed by atoms with Gasteiger partial charge in [0.05, 0.1) is 4.92 Å². The van der Waals surface area contributed by atoms with Crippen LogP contribution < -0.4 is 4.74 Å². The van der Waals surface area contributed by atoms with Gasteiger partial charge in [0.25, 0.3) is 0 Å². The highest BCUT2D eigenvalue weighted by Gasteiger charge is 2.34. The molecule has 0 bridgehead atoms. The molecule has 31 heavy (non-hydrogen) atoms. The molecule has 1 aliphatic rings. The van der Waals surface area contributed by atoms with E-state index < -0.39 is 0 Å². The number of unbranched alkanes of at least 4 members (excludes halogenated alkanes) is 6. The van der Waals surface area contributed by atoms with Crippen LogP contribution in [0.15, 0.2) is 11.8 Å². The van der Waals surface area contributed by atoms with Gasteiger partial charge in [-0.15, -0.1) is 0 Å². The smallest absolute Gasteiger partial charge is 0.242 e. The maximum absolute atomic E-state index is 10.9. The van der Waals surface area contributed by atoms with Crippen molar-refractivity contribution in [1.82, 2.24) is 0 Å². The van der Waals surface area contributed by atoms with Gasteiger partial charge < -0.3 is 9.84 Å². The molecule has 1 aliphatic heterocycles. The van der Waals surface area contributed by atoms with Crippen molar-refractivity contribution < 1.29 is 14.8 Å². The second-order valence-corrected chi connectivity index (χ2v) is 9.42. The van der Waals surface area contributed by atoms with E-state index in [2.05, 4.69) is 6.92 Å². The quantitative estimate of drug-likeness (QED) is 0.211. The van der Waals surface area contributed by atoms with E-state index in [-0.39, 0.29) is 10.5 Å². The Labute approximate surface area is 188 Å². The van der Waals surface area contributed by atoms with Gasteiger partial charge in [0.15, 0.2) is 0 Å². The summed E-state index contributed by atoms with van der Waals surface area (Å²) < 4.78 is 6.52. The van der Waals surface area contributed by atoms with E-state index in [1.54, 1.807) is 6.08 Å². The van der Waals surface area contributed by atoms with Gasteiger partial charge in [-0.3, -0.25) is 10.1 Å². The Bertz CT molecular complexity index is 799. The fraction of sp³-hybridized carbons (Fsp3) is 0.692. The zero-order valence-corrected chi connectivity index (χ0v) is 20.2. The SMILES string of the molecule is CCC=C(CCCCCCCCCC1(C)CCc2c(C)c(O)c(C)c(C)c2O1)[N+](=O)[O-]. The highest BCUT2D eigenvalue weighted by atomic mass is 16.6. The first kappa shape index (κ1) is 25.2. The molecule has 5 nitrogen and oxygen atoms in total. The van der Waals surface area contributed by atoms with Crippen LogP contribution in [0.2, 0.25) is 0 Å². The number of hydrogen-bond donors (Lipinski definition) is 1. The van der Waals surface area contributed by atoms with Crippen LogP contribution in [0.25, 0.3) is 0 Å². The topological polar surface area (TPSA) is 72.6 Å². The first-order valence-corrected chi connectivity index (χ1v) is 12.0. The molecule has 1 atom stereocenters. The number of hydrogen-bond acceptors (Lipinski definition) is 4. The minimum atomic E-state index is -0.233. The highest BCUT2D eigenvalue weighted by Crippen LogP contribution is 2.44. The van der Waals surface area contributed by atoms with Crippen LogP contribution in [0.5, 0.6) is 11.5 Å². The lowest BCUT2D eigenvalue weighted by Crippen LogP contribution is -2.37. The van der Waals surface area contributed by atoms with E-state index in [4.69, 9.17) is 4.74 Å². The van der Waals surface area contributed by atoms with Crippen molar-refractivity contribution in [3.05, 3.63) is 44.1 Å². The summed E-state index contributed by atoms with van der Waals surface area (Å²) in [5.41, 5.74) is 4.38. The molecule has 1 N–H and O–H groups in total. The number of aromatic hydroxyl groups is 1. The largest absolute Gasteiger partial charge is 0.507 e. The van der Waals surface area contributed by atoms with Crippen molar-refractivity contribution in [1.29, 1.82) is 0 Å². The molecule has 5 heteroatoms. The Morgan fingerprint density at radius 3 is 2.29 bits per heavy atom. The minimum absolute atomic E-state index is 0.127. The lowest BCUT2D eigenvalue weighted by Gasteiger charge is -2.38. The summed E-state index contributed by atoms with van der Waals surface area (Å²) in [5, 5.41) is 21.3. The summed E-state index contributed by atoms with van der Waals surface area (Å²) in [6, 6.07) is 0. The number of nitro groups is 1. The van der Waals surface area contributed by atoms with Gasteiger partial charge in [-0.1, -0.05) is 39.0 Å². The molecule has 1 unspecified atom stereocenters. The number of nitrogens with zero attached hydrogens (tertiary/aromatic N) is 1. The molecule has 0 spiro atoms. The fourth-order valence-corrected chi connectivity index (χ4v) is 4.66. The predicted octanol–water partition coefficient (Wildman–Crippen LogP) is 7.48. The van der Waals surface area contributed by atoms with Gasteiger partial charge >= 0.3 is 0 Å². The van der Waals surface area contributed by atoms with Crippen molar-refractivity contribution >= 4 is 0 Å². The molecule has 0 amide bonds. The number of phenols is 1. The molecule has 0 saturated carbocycles. The number of ether oxygens (including phenoxy) is 1. The van der Waals surface area contributed by atoms with E-state index >= 15 is 0 Å². The van der Waals surface area contributed by atoms with E-state index in [1.807, 2.05) is 27.7 Å². The molecular weight excluding hydrogens is 390 g/mol. The van der Waals surface area contributed by atoms with Crippen molar-refractivity contribution in [3.8, 4) is 11.5 Å². The first-order valence-electron chi connectivity index (χ1n) is 12.0. The third-order valence-corrected chi connectivity index (χ3v) is 6.91. The number of phenolic OH excluding ortho intramolecular Hbond substituents is 1. The van der Waals surface area contributed by atoms with Gasteiger partial charge in [0.1, 0.15) is 17.1 Å². The number of fused-ring (bicyclic) bond motifs is 1. The second kappa shape index (κ2) is 11.5. The third-order valence-electron chi connectivity index (χ3n) is 6.91. The van der Waals surface area contributed by atoms with Crippen molar-refractivity contribution in [3.63, 3.8) is 0 Å². The molecule has 0 aliphatic carbocycles. The fourth-order valence-electron chi connectivity index (χ4n) is 4.66. The Kier molecular flexibility index (Phi) is 9.39. The molecule has 174 valence electrons. The van der Waals surface area contributed by atoms with E-state index in [1.165, 1.54) is 24.8 Å². The van der Waals surface area contributed by atoms with Gasteiger partial charge in [-0.2, -0.15) is 0 Å². The van der Waals surface area contributed by atoms with Crippen molar-refractivity contribution in [2.24, 2.45) is 0 Å². The zero-order chi connectivity index (χ0) is 23.0. The predicted molar refractivity (Wildman–Crippen MR) is 127 cm³/mol. The van der Waals surface area contributed by atoms with E-state index in [9.17, 15) is 15.2 Å². The molecule has 1 heterocycles. The maximum Gasteiger partial charge on any atom is 0.242 e. The highest BCUT2D eigenvalue weighted by molar-refractivity contribution is 5.58. The average Bonchev–Trinajstić information content (AvgIpc) is 2.74. The number of benzene rings is 1. The van der Waals surface area contributed by atoms with Crippen LogP contribution in [0, 0.1) is 30.9 Å². The molecule has 2 rings (SSSR count). The van der Waals surface area contributed by atoms with Crippen LogP contribution in [0.3, 0.4) is 0 Å². The van der Waals surface area contributed by atoms with Crippen molar-refractivity contribution in [2.45, 2.75) is 117 Å². The standard InChI is InChI=1S/C26H41NO4/c1-6-14-22(27(29)30)15-12-10-8-7-9-11-13-17-26(5)18-16-23-21(4)24(28)19(2)20(3)25(23)31-26/h14,28H,6-13,15-18H2,1-5H3. The van der Waals surface area contributed by atoms with Crippen LogP contribution >= 0.6 is 0 Å². The normalized spacial score (nSPS) is 18.5. The summed E-state index contributed by atoms with van der Waals surface area (Å²) in [6.45, 7) is 10.2. The Morgan fingerprint density at radius 2 is 1.68 bits per heavy atom. The van der Waals surface area contributed by atoms with Gasteiger partial charge in [0.2, 0.25) is 5.70 Å². The molecule has 0 aromatic heterocycles. The lowest BCUT2D eigenvalue weighted by atomic mass is 9.84. The molecule has 0 radical (unpaired) electrons. The number of allylic oxidation sites excluding steroid dienone is 2. The van der Waals surface area contributed by atoms with Crippen molar-refractivity contribution in [2.75, 3.05) is 0 Å². The summed E-state index contributed by atoms with van der Waals surface area (Å²) in [5.74, 6) is 1.41. The Morgan fingerprint density at radius 1 is 1.06 bits per heavy atom. The number of rotatable bonds is 12. The molecule has 0 fully saturated rings. The Balaban J connectivity index is 1.69.